The molecule has 0 atom stereocenters. The molecule has 1 saturated heterocycles. The van der Waals surface area contributed by atoms with Gasteiger partial charge >= 0.3 is 5.97 Å². The van der Waals surface area contributed by atoms with Gasteiger partial charge in [0.1, 0.15) is 0 Å². The highest BCUT2D eigenvalue weighted by Crippen LogP contribution is 2.26. The molecule has 0 saturated carbocycles. The zero-order valence-corrected chi connectivity index (χ0v) is 12.5. The molecule has 1 aromatic rings. The molecule has 0 unspecified atom stereocenters. The summed E-state index contributed by atoms with van der Waals surface area (Å²) >= 11 is 0. The minimum atomic E-state index is -2.89. The molecule has 0 aromatic heterocycles. The summed E-state index contributed by atoms with van der Waals surface area (Å²) in [7, 11) is -2.89. The van der Waals surface area contributed by atoms with Crippen molar-refractivity contribution in [2.24, 2.45) is 0 Å². The van der Waals surface area contributed by atoms with Gasteiger partial charge < -0.3 is 10.0 Å². The van der Waals surface area contributed by atoms with Crippen molar-refractivity contribution in [2.45, 2.75) is 19.3 Å². The van der Waals surface area contributed by atoms with Crippen LogP contribution in [0.2, 0.25) is 0 Å². The van der Waals surface area contributed by atoms with E-state index in [0.29, 0.717) is 13.1 Å². The van der Waals surface area contributed by atoms with Crippen LogP contribution in [0.15, 0.2) is 24.3 Å². The molecule has 1 aliphatic heterocycles. The Morgan fingerprint density at radius 1 is 1.15 bits per heavy atom. The van der Waals surface area contributed by atoms with Crippen LogP contribution in [0.3, 0.4) is 0 Å². The first-order valence-corrected chi connectivity index (χ1v) is 8.34. The number of carboxylic acids is 1. The van der Waals surface area contributed by atoms with Crippen molar-refractivity contribution in [3.8, 4) is 0 Å². The predicted octanol–water partition coefficient (Wildman–Crippen LogP) is 1.28. The lowest BCUT2D eigenvalue weighted by atomic mass is 9.85. The number of anilines is 1. The Morgan fingerprint density at radius 2 is 1.65 bits per heavy atom. The number of sulfone groups is 1. The first-order chi connectivity index (χ1) is 9.22. The molecular formula is C14H19NO4S. The maximum atomic E-state index is 11.4. The van der Waals surface area contributed by atoms with Crippen molar-refractivity contribution in [1.82, 2.24) is 0 Å². The van der Waals surface area contributed by atoms with Crippen molar-refractivity contribution in [3.05, 3.63) is 29.8 Å². The minimum absolute atomic E-state index is 0.176. The fourth-order valence-corrected chi connectivity index (χ4v) is 3.38. The smallest absolute Gasteiger partial charge is 0.313 e. The Kier molecular flexibility index (Phi) is 3.77. The molecule has 0 aliphatic carbocycles. The Morgan fingerprint density at radius 3 is 2.10 bits per heavy atom. The number of benzene rings is 1. The molecule has 1 aliphatic rings. The van der Waals surface area contributed by atoms with Crippen molar-refractivity contribution < 1.29 is 18.3 Å². The van der Waals surface area contributed by atoms with Gasteiger partial charge in [-0.15, -0.1) is 0 Å². The van der Waals surface area contributed by atoms with E-state index in [9.17, 15) is 18.3 Å². The second-order valence-electron chi connectivity index (χ2n) is 5.62. The number of carboxylic acid groups (broad SMARTS) is 1. The lowest BCUT2D eigenvalue weighted by molar-refractivity contribution is -0.142. The topological polar surface area (TPSA) is 74.7 Å². The van der Waals surface area contributed by atoms with Gasteiger partial charge in [0, 0.05) is 18.8 Å². The van der Waals surface area contributed by atoms with Crippen molar-refractivity contribution in [3.63, 3.8) is 0 Å². The standard InChI is InChI=1S/C14H19NO4S/c1-14(2,13(16)17)11-3-5-12(6-4-11)15-7-9-20(18,19)10-8-15/h3-6H,7-10H2,1-2H3,(H,16,17). The Hall–Kier alpha value is -1.56. The maximum absolute atomic E-state index is 11.4. The van der Waals surface area contributed by atoms with Crippen molar-refractivity contribution in [2.75, 3.05) is 29.5 Å². The Bertz CT molecular complexity index is 591. The summed E-state index contributed by atoms with van der Waals surface area (Å²) in [5.41, 5.74) is 0.743. The van der Waals surface area contributed by atoms with Crippen LogP contribution in [-0.2, 0) is 20.0 Å². The molecule has 0 amide bonds. The van der Waals surface area contributed by atoms with Gasteiger partial charge in [0.05, 0.1) is 16.9 Å². The molecule has 110 valence electrons. The second kappa shape index (κ2) is 5.09. The fraction of sp³-hybridized carbons (Fsp3) is 0.500. The summed E-state index contributed by atoms with van der Waals surface area (Å²) in [6, 6.07) is 7.31. The van der Waals surface area contributed by atoms with E-state index in [1.165, 1.54) is 0 Å². The van der Waals surface area contributed by atoms with Crippen LogP contribution >= 0.6 is 0 Å². The number of hydrogen-bond acceptors (Lipinski definition) is 4. The summed E-state index contributed by atoms with van der Waals surface area (Å²) in [4.78, 5) is 13.2. The van der Waals surface area contributed by atoms with Crippen LogP contribution in [0.1, 0.15) is 19.4 Å². The molecule has 0 bridgehead atoms. The van der Waals surface area contributed by atoms with Gasteiger partial charge in [-0.3, -0.25) is 4.79 Å². The molecule has 6 heteroatoms. The second-order valence-corrected chi connectivity index (χ2v) is 7.92. The van der Waals surface area contributed by atoms with Gasteiger partial charge in [0.2, 0.25) is 0 Å². The third-order valence-corrected chi connectivity index (χ3v) is 5.44. The van der Waals surface area contributed by atoms with Gasteiger partial charge in [-0.1, -0.05) is 12.1 Å². The van der Waals surface area contributed by atoms with Crippen molar-refractivity contribution >= 4 is 21.5 Å². The summed E-state index contributed by atoms with van der Waals surface area (Å²) in [5, 5.41) is 9.19. The van der Waals surface area contributed by atoms with Gasteiger partial charge in [0.15, 0.2) is 9.84 Å². The molecule has 0 radical (unpaired) electrons. The minimum Gasteiger partial charge on any atom is -0.481 e. The highest BCUT2D eigenvalue weighted by Gasteiger charge is 2.29. The zero-order chi connectivity index (χ0) is 15.0. The summed E-state index contributed by atoms with van der Waals surface area (Å²) in [5.74, 6) is -0.514. The average molecular weight is 297 g/mol. The van der Waals surface area contributed by atoms with E-state index < -0.39 is 21.2 Å². The van der Waals surface area contributed by atoms with E-state index in [1.54, 1.807) is 26.0 Å². The zero-order valence-electron chi connectivity index (χ0n) is 11.7. The van der Waals surface area contributed by atoms with E-state index >= 15 is 0 Å². The summed E-state index contributed by atoms with van der Waals surface area (Å²) in [6.45, 7) is 4.31. The number of aliphatic carboxylic acids is 1. The number of carbonyl (C=O) groups is 1. The van der Waals surface area contributed by atoms with E-state index in [2.05, 4.69) is 0 Å². The summed E-state index contributed by atoms with van der Waals surface area (Å²) < 4.78 is 22.8. The van der Waals surface area contributed by atoms with E-state index in [0.717, 1.165) is 11.3 Å². The van der Waals surface area contributed by atoms with Crippen LogP contribution < -0.4 is 4.90 Å². The van der Waals surface area contributed by atoms with E-state index in [-0.39, 0.29) is 11.5 Å². The average Bonchev–Trinajstić information content (AvgIpc) is 2.38. The van der Waals surface area contributed by atoms with Crippen LogP contribution in [0.5, 0.6) is 0 Å². The predicted molar refractivity (Wildman–Crippen MR) is 78.0 cm³/mol. The fourth-order valence-electron chi connectivity index (χ4n) is 2.18. The van der Waals surface area contributed by atoms with E-state index in [4.69, 9.17) is 0 Å². The van der Waals surface area contributed by atoms with Crippen LogP contribution in [0.4, 0.5) is 5.69 Å². The molecule has 1 N–H and O–H groups in total. The normalized spacial score (nSPS) is 18.8. The third kappa shape index (κ3) is 2.95. The molecule has 0 spiro atoms. The molecule has 2 rings (SSSR count). The van der Waals surface area contributed by atoms with Gasteiger partial charge in [-0.2, -0.15) is 0 Å². The summed E-state index contributed by atoms with van der Waals surface area (Å²) in [6.07, 6.45) is 0. The van der Waals surface area contributed by atoms with Gasteiger partial charge in [-0.25, -0.2) is 8.42 Å². The third-order valence-electron chi connectivity index (χ3n) is 3.83. The Labute approximate surface area is 119 Å². The highest BCUT2D eigenvalue weighted by atomic mass is 32.2. The highest BCUT2D eigenvalue weighted by molar-refractivity contribution is 7.91. The number of hydrogen-bond donors (Lipinski definition) is 1. The monoisotopic (exact) mass is 297 g/mol. The molecule has 1 aromatic carbocycles. The first-order valence-electron chi connectivity index (χ1n) is 6.52. The van der Waals surface area contributed by atoms with Gasteiger partial charge in [0.25, 0.3) is 0 Å². The maximum Gasteiger partial charge on any atom is 0.313 e. The van der Waals surface area contributed by atoms with Crippen LogP contribution in [0.25, 0.3) is 0 Å². The molecular weight excluding hydrogens is 278 g/mol. The van der Waals surface area contributed by atoms with Crippen LogP contribution in [0, 0.1) is 0 Å². The quantitative estimate of drug-likeness (QED) is 0.910. The molecule has 20 heavy (non-hydrogen) atoms. The molecule has 1 heterocycles. The molecule has 5 nitrogen and oxygen atoms in total. The lowest BCUT2D eigenvalue weighted by Crippen LogP contribution is -2.40. The largest absolute Gasteiger partial charge is 0.481 e. The first kappa shape index (κ1) is 14.8. The molecule has 1 fully saturated rings. The lowest BCUT2D eigenvalue weighted by Gasteiger charge is -2.29. The number of nitrogens with zero attached hydrogens (tertiary/aromatic N) is 1. The Balaban J connectivity index is 2.15. The van der Waals surface area contributed by atoms with Crippen LogP contribution in [-0.4, -0.2) is 44.1 Å². The van der Waals surface area contributed by atoms with Gasteiger partial charge in [-0.05, 0) is 31.5 Å². The SMILES string of the molecule is CC(C)(C(=O)O)c1ccc(N2CCS(=O)(=O)CC2)cc1. The number of rotatable bonds is 3. The van der Waals surface area contributed by atoms with Crippen molar-refractivity contribution in [1.29, 1.82) is 0 Å². The van der Waals surface area contributed by atoms with E-state index in [1.807, 2.05) is 17.0 Å².